The maximum absolute atomic E-state index is 12.2. The molecule has 6 heteroatoms. The maximum atomic E-state index is 12.2. The van der Waals surface area contributed by atoms with Gasteiger partial charge >= 0.3 is 0 Å². The van der Waals surface area contributed by atoms with Crippen molar-refractivity contribution in [1.82, 2.24) is 4.72 Å². The van der Waals surface area contributed by atoms with E-state index in [0.717, 1.165) is 5.56 Å². The molecule has 2 rings (SSSR count). The molecular formula is C12H14N2O2S2. The molecule has 1 heterocycles. The lowest BCUT2D eigenvalue weighted by Crippen LogP contribution is -2.23. The van der Waals surface area contributed by atoms with Gasteiger partial charge in [0.25, 0.3) is 0 Å². The minimum Gasteiger partial charge on any atom is -0.387 e. The van der Waals surface area contributed by atoms with Gasteiger partial charge in [-0.1, -0.05) is 12.1 Å². The largest absolute Gasteiger partial charge is 0.387 e. The summed E-state index contributed by atoms with van der Waals surface area (Å²) in [4.78, 5) is 0.266. The molecule has 0 radical (unpaired) electrons. The Labute approximate surface area is 111 Å². The average molecular weight is 282 g/mol. The summed E-state index contributed by atoms with van der Waals surface area (Å²) in [6.07, 6.45) is 0. The molecule has 0 saturated carbocycles. The number of benzene rings is 1. The minimum atomic E-state index is -3.49. The van der Waals surface area contributed by atoms with Crippen molar-refractivity contribution in [3.05, 3.63) is 46.7 Å². The molecule has 0 aliphatic carbocycles. The zero-order valence-corrected chi connectivity index (χ0v) is 11.5. The molecule has 96 valence electrons. The summed E-state index contributed by atoms with van der Waals surface area (Å²) in [5.74, 6) is 0. The number of hydrogen-bond acceptors (Lipinski definition) is 4. The molecule has 0 aliphatic heterocycles. The van der Waals surface area contributed by atoms with Crippen molar-refractivity contribution in [2.45, 2.75) is 11.4 Å². The van der Waals surface area contributed by atoms with E-state index in [1.165, 1.54) is 0 Å². The fraction of sp³-hybridized carbons (Fsp3) is 0.167. The minimum absolute atomic E-state index is 0.266. The van der Waals surface area contributed by atoms with Crippen LogP contribution in [-0.2, 0) is 16.6 Å². The molecule has 1 aromatic carbocycles. The van der Waals surface area contributed by atoms with Crippen LogP contribution in [0.15, 0.2) is 46.0 Å². The third-order valence-electron chi connectivity index (χ3n) is 2.49. The van der Waals surface area contributed by atoms with Crippen molar-refractivity contribution in [3.63, 3.8) is 0 Å². The van der Waals surface area contributed by atoms with Crippen LogP contribution >= 0.6 is 11.3 Å². The van der Waals surface area contributed by atoms with Crippen molar-refractivity contribution >= 4 is 27.0 Å². The number of hydrogen-bond donors (Lipinski definition) is 2. The van der Waals surface area contributed by atoms with Crippen molar-refractivity contribution in [2.24, 2.45) is 0 Å². The quantitative estimate of drug-likeness (QED) is 0.884. The van der Waals surface area contributed by atoms with Crippen molar-refractivity contribution in [3.8, 4) is 0 Å². The first-order chi connectivity index (χ1) is 8.63. The predicted molar refractivity (Wildman–Crippen MR) is 74.3 cm³/mol. The van der Waals surface area contributed by atoms with Gasteiger partial charge in [0, 0.05) is 13.6 Å². The third-order valence-corrected chi connectivity index (χ3v) is 4.68. The summed E-state index contributed by atoms with van der Waals surface area (Å²) < 4.78 is 26.9. The molecule has 18 heavy (non-hydrogen) atoms. The Hall–Kier alpha value is -1.37. The first kappa shape index (κ1) is 13.1. The normalized spacial score (nSPS) is 11.4. The predicted octanol–water partition coefficient (Wildman–Crippen LogP) is 2.27. The van der Waals surface area contributed by atoms with Gasteiger partial charge < -0.3 is 5.32 Å². The first-order valence-corrected chi connectivity index (χ1v) is 7.83. The lowest BCUT2D eigenvalue weighted by atomic mass is 10.3. The topological polar surface area (TPSA) is 58.2 Å². The zero-order chi connectivity index (χ0) is 13.0. The van der Waals surface area contributed by atoms with Gasteiger partial charge in [0.1, 0.15) is 4.90 Å². The Morgan fingerprint density at radius 1 is 1.22 bits per heavy atom. The molecule has 0 bridgehead atoms. The first-order valence-electron chi connectivity index (χ1n) is 5.41. The Balaban J connectivity index is 2.20. The number of sulfonamides is 1. The fourth-order valence-electron chi connectivity index (χ4n) is 1.56. The Morgan fingerprint density at radius 3 is 2.67 bits per heavy atom. The summed E-state index contributed by atoms with van der Waals surface area (Å²) >= 11 is 1.55. The van der Waals surface area contributed by atoms with E-state index in [1.54, 1.807) is 42.6 Å². The standard InChI is InChI=1S/C12H14N2O2S2/c1-13-11-4-2-3-5-12(11)18(15,16)14-8-10-6-7-17-9-10/h2-7,9,13-14H,8H2,1H3. The lowest BCUT2D eigenvalue weighted by Gasteiger charge is -2.10. The Morgan fingerprint density at radius 2 is 2.00 bits per heavy atom. The number of anilines is 1. The SMILES string of the molecule is CNc1ccccc1S(=O)(=O)NCc1ccsc1. The van der Waals surface area contributed by atoms with Gasteiger partial charge in [-0.2, -0.15) is 11.3 Å². The number of rotatable bonds is 5. The van der Waals surface area contributed by atoms with E-state index in [9.17, 15) is 8.42 Å². The second kappa shape index (κ2) is 5.51. The molecule has 0 unspecified atom stereocenters. The molecule has 0 fully saturated rings. The molecule has 2 N–H and O–H groups in total. The average Bonchev–Trinajstić information content (AvgIpc) is 2.89. The number of thiophene rings is 1. The smallest absolute Gasteiger partial charge is 0.242 e. The molecule has 0 saturated heterocycles. The van der Waals surface area contributed by atoms with E-state index >= 15 is 0 Å². The molecule has 1 aromatic heterocycles. The van der Waals surface area contributed by atoms with Crippen LogP contribution in [0.5, 0.6) is 0 Å². The highest BCUT2D eigenvalue weighted by atomic mass is 32.2. The molecule has 4 nitrogen and oxygen atoms in total. The highest BCUT2D eigenvalue weighted by molar-refractivity contribution is 7.89. The summed E-state index contributed by atoms with van der Waals surface area (Å²) in [6.45, 7) is 0.309. The summed E-state index contributed by atoms with van der Waals surface area (Å²) in [5, 5.41) is 6.72. The second-order valence-corrected chi connectivity index (χ2v) is 6.22. The van der Waals surface area contributed by atoms with Crippen LogP contribution < -0.4 is 10.0 Å². The lowest BCUT2D eigenvalue weighted by molar-refractivity contribution is 0.581. The maximum Gasteiger partial charge on any atom is 0.242 e. The third kappa shape index (κ3) is 2.90. The summed E-state index contributed by atoms with van der Waals surface area (Å²) in [7, 11) is -1.79. The monoisotopic (exact) mass is 282 g/mol. The van der Waals surface area contributed by atoms with E-state index in [0.29, 0.717) is 12.2 Å². The van der Waals surface area contributed by atoms with Crippen LogP contribution in [0.3, 0.4) is 0 Å². The van der Waals surface area contributed by atoms with E-state index in [1.807, 2.05) is 16.8 Å². The van der Waals surface area contributed by atoms with Gasteiger partial charge in [-0.15, -0.1) is 0 Å². The van der Waals surface area contributed by atoms with Gasteiger partial charge in [0.2, 0.25) is 10.0 Å². The Kier molecular flexibility index (Phi) is 4.00. The molecule has 0 aliphatic rings. The van der Waals surface area contributed by atoms with Crippen LogP contribution in [0.4, 0.5) is 5.69 Å². The molecular weight excluding hydrogens is 268 g/mol. The van der Waals surface area contributed by atoms with Crippen LogP contribution in [0.25, 0.3) is 0 Å². The van der Waals surface area contributed by atoms with Gasteiger partial charge in [-0.3, -0.25) is 0 Å². The van der Waals surface area contributed by atoms with E-state index in [2.05, 4.69) is 10.0 Å². The van der Waals surface area contributed by atoms with Gasteiger partial charge in [0.15, 0.2) is 0 Å². The number of nitrogens with one attached hydrogen (secondary N) is 2. The molecule has 0 amide bonds. The molecule has 0 spiro atoms. The molecule has 0 atom stereocenters. The highest BCUT2D eigenvalue weighted by Gasteiger charge is 2.17. The second-order valence-electron chi connectivity index (χ2n) is 3.70. The van der Waals surface area contributed by atoms with E-state index in [-0.39, 0.29) is 4.90 Å². The highest BCUT2D eigenvalue weighted by Crippen LogP contribution is 2.20. The summed E-state index contributed by atoms with van der Waals surface area (Å²) in [6, 6.07) is 8.72. The summed E-state index contributed by atoms with van der Waals surface area (Å²) in [5.41, 5.74) is 1.56. The van der Waals surface area contributed by atoms with Crippen LogP contribution in [-0.4, -0.2) is 15.5 Å². The van der Waals surface area contributed by atoms with Gasteiger partial charge in [0.05, 0.1) is 5.69 Å². The van der Waals surface area contributed by atoms with Crippen molar-refractivity contribution in [2.75, 3.05) is 12.4 Å². The van der Waals surface area contributed by atoms with E-state index < -0.39 is 10.0 Å². The van der Waals surface area contributed by atoms with Crippen molar-refractivity contribution < 1.29 is 8.42 Å². The van der Waals surface area contributed by atoms with Crippen molar-refractivity contribution in [1.29, 1.82) is 0 Å². The van der Waals surface area contributed by atoms with E-state index in [4.69, 9.17) is 0 Å². The van der Waals surface area contributed by atoms with Crippen LogP contribution in [0.1, 0.15) is 5.56 Å². The zero-order valence-electron chi connectivity index (χ0n) is 9.88. The Bertz CT molecular complexity index is 607. The van der Waals surface area contributed by atoms with Crippen LogP contribution in [0.2, 0.25) is 0 Å². The number of para-hydroxylation sites is 1. The van der Waals surface area contributed by atoms with Gasteiger partial charge in [-0.25, -0.2) is 13.1 Å². The molecule has 2 aromatic rings. The van der Waals surface area contributed by atoms with Gasteiger partial charge in [-0.05, 0) is 34.5 Å². The fourth-order valence-corrected chi connectivity index (χ4v) is 3.45. The van der Waals surface area contributed by atoms with Crippen LogP contribution in [0, 0.1) is 0 Å².